The number of hydrogen-bond donors (Lipinski definition) is 0. The minimum Gasteiger partial charge on any atom is -0.494 e. The molecule has 0 aliphatic heterocycles. The third-order valence-corrected chi connectivity index (χ3v) is 11.9. The van der Waals surface area contributed by atoms with Crippen LogP contribution in [0.1, 0.15) is 36.8 Å². The highest BCUT2D eigenvalue weighted by Crippen LogP contribution is 2.56. The third-order valence-electron chi connectivity index (χ3n) is 7.40. The summed E-state index contributed by atoms with van der Waals surface area (Å²) in [5.74, 6) is 0.944. The molecule has 0 spiro atoms. The van der Waals surface area contributed by atoms with Crippen molar-refractivity contribution < 1.29 is 4.74 Å². The summed E-state index contributed by atoms with van der Waals surface area (Å²) >= 11 is 0. The molecule has 0 fully saturated rings. The van der Waals surface area contributed by atoms with Gasteiger partial charge in [0, 0.05) is 0 Å². The Labute approximate surface area is 240 Å². The zero-order valence-electron chi connectivity index (χ0n) is 23.1. The molecule has 0 aliphatic rings. The van der Waals surface area contributed by atoms with Gasteiger partial charge >= 0.3 is 0 Å². The van der Waals surface area contributed by atoms with Crippen LogP contribution in [-0.2, 0) is 0 Å². The fourth-order valence-electron chi connectivity index (χ4n) is 5.31. The number of rotatable bonds is 13. The van der Waals surface area contributed by atoms with Crippen LogP contribution in [0.2, 0.25) is 0 Å². The van der Waals surface area contributed by atoms with Crippen LogP contribution in [-0.4, -0.2) is 12.8 Å². The van der Waals surface area contributed by atoms with Crippen LogP contribution < -0.4 is 20.7 Å². The Morgan fingerprint density at radius 1 is 0.425 bits per heavy atom. The molecule has 0 saturated carbocycles. The Morgan fingerprint density at radius 2 is 0.850 bits per heavy atom. The summed E-state index contributed by atoms with van der Waals surface area (Å²) < 4.78 is 6.06. The van der Waals surface area contributed by atoms with E-state index in [1.807, 2.05) is 6.07 Å². The van der Waals surface area contributed by atoms with Gasteiger partial charge in [-0.15, -0.1) is 0 Å². The van der Waals surface area contributed by atoms with Gasteiger partial charge in [0.15, 0.2) is 0 Å². The molecule has 1 nitrogen and oxygen atoms in total. The maximum atomic E-state index is 6.06. The standard InChI is InChI=1S/C38H38OP/c1(15-31-39-35-29-27-34(28-30-35)26-25-33-17-7-3-8-18-33)2-16-32-40(36-19-9-4-10-20-36,37-21-11-5-12-22-37)38-23-13-6-14-24-38/h3-14,17-30H,1-2,15-16,31-32H2/q+1/b26-25+. The predicted molar refractivity (Wildman–Crippen MR) is 176 cm³/mol. The molecule has 5 aromatic carbocycles. The van der Waals surface area contributed by atoms with E-state index in [2.05, 4.69) is 152 Å². The van der Waals surface area contributed by atoms with Gasteiger partial charge in [0.1, 0.15) is 28.9 Å². The minimum atomic E-state index is -1.72. The summed E-state index contributed by atoms with van der Waals surface area (Å²) in [4.78, 5) is 0. The first-order valence-electron chi connectivity index (χ1n) is 14.4. The van der Waals surface area contributed by atoms with Gasteiger partial charge in [0.25, 0.3) is 0 Å². The highest BCUT2D eigenvalue weighted by atomic mass is 31.2. The smallest absolute Gasteiger partial charge is 0.119 e. The maximum absolute atomic E-state index is 6.06. The van der Waals surface area contributed by atoms with E-state index in [0.29, 0.717) is 0 Å². The molecule has 0 radical (unpaired) electrons. The summed E-state index contributed by atoms with van der Waals surface area (Å²) in [7, 11) is -1.72. The van der Waals surface area contributed by atoms with E-state index in [0.717, 1.165) is 18.8 Å². The van der Waals surface area contributed by atoms with Crippen LogP contribution in [0.3, 0.4) is 0 Å². The van der Waals surface area contributed by atoms with Crippen molar-refractivity contribution in [2.45, 2.75) is 25.7 Å². The second-order valence-corrected chi connectivity index (χ2v) is 13.7. The molecule has 0 aromatic heterocycles. The van der Waals surface area contributed by atoms with E-state index in [9.17, 15) is 0 Å². The fourth-order valence-corrected chi connectivity index (χ4v) is 9.72. The van der Waals surface area contributed by atoms with Crippen molar-refractivity contribution in [1.82, 2.24) is 0 Å². The molecule has 40 heavy (non-hydrogen) atoms. The largest absolute Gasteiger partial charge is 0.494 e. The van der Waals surface area contributed by atoms with Crippen molar-refractivity contribution in [2.24, 2.45) is 0 Å². The predicted octanol–water partition coefficient (Wildman–Crippen LogP) is 8.79. The first kappa shape index (κ1) is 27.6. The van der Waals surface area contributed by atoms with Gasteiger partial charge in [-0.25, -0.2) is 0 Å². The molecule has 0 heterocycles. The van der Waals surface area contributed by atoms with E-state index in [1.54, 1.807) is 0 Å². The van der Waals surface area contributed by atoms with E-state index < -0.39 is 7.26 Å². The molecule has 0 atom stereocenters. The van der Waals surface area contributed by atoms with Gasteiger partial charge < -0.3 is 4.74 Å². The van der Waals surface area contributed by atoms with Gasteiger partial charge in [-0.1, -0.05) is 109 Å². The highest BCUT2D eigenvalue weighted by molar-refractivity contribution is 7.95. The molecule has 200 valence electrons. The maximum Gasteiger partial charge on any atom is 0.119 e. The van der Waals surface area contributed by atoms with Crippen molar-refractivity contribution in [2.75, 3.05) is 12.8 Å². The van der Waals surface area contributed by atoms with E-state index >= 15 is 0 Å². The monoisotopic (exact) mass is 541 g/mol. The average Bonchev–Trinajstić information content (AvgIpc) is 3.04. The lowest BCUT2D eigenvalue weighted by atomic mass is 10.1. The van der Waals surface area contributed by atoms with Crippen LogP contribution in [0.5, 0.6) is 5.75 Å². The Bertz CT molecular complexity index is 1330. The molecule has 5 rings (SSSR count). The molecule has 0 N–H and O–H groups in total. The topological polar surface area (TPSA) is 9.23 Å². The van der Waals surface area contributed by atoms with Crippen molar-refractivity contribution >= 4 is 35.3 Å². The van der Waals surface area contributed by atoms with Crippen molar-refractivity contribution in [3.8, 4) is 5.75 Å². The van der Waals surface area contributed by atoms with E-state index in [-0.39, 0.29) is 0 Å². The van der Waals surface area contributed by atoms with Gasteiger partial charge in [-0.05, 0) is 85.3 Å². The summed E-state index contributed by atoms with van der Waals surface area (Å²) in [6, 6.07) is 52.3. The second kappa shape index (κ2) is 14.5. The molecule has 0 amide bonds. The molecular weight excluding hydrogens is 503 g/mol. The lowest BCUT2D eigenvalue weighted by Gasteiger charge is -2.27. The van der Waals surface area contributed by atoms with Crippen molar-refractivity contribution in [3.63, 3.8) is 0 Å². The lowest BCUT2D eigenvalue weighted by Crippen LogP contribution is -2.33. The molecule has 0 aliphatic carbocycles. The van der Waals surface area contributed by atoms with Gasteiger partial charge in [0.05, 0.1) is 12.8 Å². The quantitative estimate of drug-likeness (QED) is 0.0822. The van der Waals surface area contributed by atoms with E-state index in [1.165, 1.54) is 52.5 Å². The van der Waals surface area contributed by atoms with Crippen LogP contribution in [0, 0.1) is 0 Å². The SMILES string of the molecule is C(=C\c1ccc(OCCCCCC[P+](c2ccccc2)(c2ccccc2)c2ccccc2)cc1)/c1ccccc1. The first-order chi connectivity index (χ1) is 19.8. The first-order valence-corrected chi connectivity index (χ1v) is 16.3. The highest BCUT2D eigenvalue weighted by Gasteiger charge is 2.44. The summed E-state index contributed by atoms with van der Waals surface area (Å²) in [6.45, 7) is 0.759. The lowest BCUT2D eigenvalue weighted by molar-refractivity contribution is 0.305. The van der Waals surface area contributed by atoms with Crippen LogP contribution in [0.15, 0.2) is 146 Å². The third kappa shape index (κ3) is 7.17. The number of benzene rings is 5. The number of hydrogen-bond acceptors (Lipinski definition) is 1. The normalized spacial score (nSPS) is 11.5. The zero-order chi connectivity index (χ0) is 27.3. The Morgan fingerprint density at radius 3 is 1.35 bits per heavy atom. The van der Waals surface area contributed by atoms with Gasteiger partial charge in [-0.2, -0.15) is 0 Å². The van der Waals surface area contributed by atoms with E-state index in [4.69, 9.17) is 4.74 Å². The van der Waals surface area contributed by atoms with Gasteiger partial charge in [-0.3, -0.25) is 0 Å². The average molecular weight is 542 g/mol. The minimum absolute atomic E-state index is 0.759. The second-order valence-electron chi connectivity index (χ2n) is 10.1. The Hall–Kier alpha value is -3.93. The molecule has 0 bridgehead atoms. The molecular formula is C38H38OP+. The summed E-state index contributed by atoms with van der Waals surface area (Å²) in [5.41, 5.74) is 2.39. The van der Waals surface area contributed by atoms with Crippen molar-refractivity contribution in [3.05, 3.63) is 157 Å². The van der Waals surface area contributed by atoms with Crippen molar-refractivity contribution in [1.29, 1.82) is 0 Å². The number of ether oxygens (including phenoxy) is 1. The van der Waals surface area contributed by atoms with Crippen LogP contribution >= 0.6 is 7.26 Å². The zero-order valence-corrected chi connectivity index (χ0v) is 24.0. The van der Waals surface area contributed by atoms with Gasteiger partial charge in [0.2, 0.25) is 0 Å². The molecule has 2 heteroatoms. The molecule has 0 saturated heterocycles. The Balaban J connectivity index is 1.15. The summed E-state index contributed by atoms with van der Waals surface area (Å²) in [5, 5.41) is 4.41. The molecule has 5 aromatic rings. The Kier molecular flexibility index (Phi) is 9.98. The summed E-state index contributed by atoms with van der Waals surface area (Å²) in [6.07, 6.45) is 10.1. The fraction of sp³-hybridized carbons (Fsp3) is 0.158. The van der Waals surface area contributed by atoms with Crippen LogP contribution in [0.4, 0.5) is 0 Å². The molecule has 0 unspecified atom stereocenters. The number of unbranched alkanes of at least 4 members (excludes halogenated alkanes) is 3. The van der Waals surface area contributed by atoms with Crippen LogP contribution in [0.25, 0.3) is 12.2 Å².